The standard InChI is InChI=1S/C18H16Cl2O2/c1-21-12-5-3-11(4-6-12)17-13-8-10-16(22-2)18(20)14(13)7-9-15(17)19/h3-6,8,10H,7,9H2,1-2H3. The van der Waals surface area contributed by atoms with E-state index in [1.54, 1.807) is 14.2 Å². The van der Waals surface area contributed by atoms with Crippen molar-refractivity contribution in [3.63, 3.8) is 0 Å². The Bertz CT molecular complexity index is 733. The Balaban J connectivity index is 2.14. The van der Waals surface area contributed by atoms with Crippen LogP contribution in [0.2, 0.25) is 5.02 Å². The summed E-state index contributed by atoms with van der Waals surface area (Å²) >= 11 is 13.0. The van der Waals surface area contributed by atoms with Crippen molar-refractivity contribution in [2.24, 2.45) is 0 Å². The lowest BCUT2D eigenvalue weighted by Gasteiger charge is -2.23. The number of ether oxygens (including phenoxy) is 2. The molecule has 2 aromatic carbocycles. The molecule has 22 heavy (non-hydrogen) atoms. The molecule has 0 unspecified atom stereocenters. The van der Waals surface area contributed by atoms with Gasteiger partial charge in [0.05, 0.1) is 19.2 Å². The van der Waals surface area contributed by atoms with E-state index < -0.39 is 0 Å². The summed E-state index contributed by atoms with van der Waals surface area (Å²) in [5.41, 5.74) is 4.27. The summed E-state index contributed by atoms with van der Waals surface area (Å²) in [6.45, 7) is 0. The molecule has 2 nitrogen and oxygen atoms in total. The molecule has 0 saturated heterocycles. The number of halogens is 2. The second kappa shape index (κ2) is 6.23. The van der Waals surface area contributed by atoms with Crippen LogP contribution in [0.5, 0.6) is 11.5 Å². The number of benzene rings is 2. The fraction of sp³-hybridized carbons (Fsp3) is 0.222. The highest BCUT2D eigenvalue weighted by Crippen LogP contribution is 2.43. The molecule has 0 spiro atoms. The molecule has 4 heteroatoms. The first-order chi connectivity index (χ1) is 10.7. The van der Waals surface area contributed by atoms with E-state index in [0.717, 1.165) is 45.9 Å². The van der Waals surface area contributed by atoms with Gasteiger partial charge in [-0.25, -0.2) is 0 Å². The van der Waals surface area contributed by atoms with Crippen LogP contribution in [0.1, 0.15) is 23.1 Å². The summed E-state index contributed by atoms with van der Waals surface area (Å²) < 4.78 is 10.5. The van der Waals surface area contributed by atoms with Crippen molar-refractivity contribution in [3.05, 3.63) is 63.1 Å². The fourth-order valence-corrected chi connectivity index (χ4v) is 3.45. The van der Waals surface area contributed by atoms with Crippen LogP contribution in [0.4, 0.5) is 0 Å². The predicted molar refractivity (Wildman–Crippen MR) is 91.2 cm³/mol. The lowest BCUT2D eigenvalue weighted by atomic mass is 9.86. The molecule has 0 fully saturated rings. The van der Waals surface area contributed by atoms with Gasteiger partial charge in [-0.3, -0.25) is 0 Å². The van der Waals surface area contributed by atoms with Crippen LogP contribution in [0.3, 0.4) is 0 Å². The molecule has 1 aliphatic carbocycles. The molecule has 0 N–H and O–H groups in total. The number of hydrogen-bond acceptors (Lipinski definition) is 2. The van der Waals surface area contributed by atoms with Gasteiger partial charge in [0.1, 0.15) is 11.5 Å². The lowest BCUT2D eigenvalue weighted by Crippen LogP contribution is -2.05. The molecule has 0 aromatic heterocycles. The maximum absolute atomic E-state index is 6.52. The van der Waals surface area contributed by atoms with Gasteiger partial charge in [0.25, 0.3) is 0 Å². The van der Waals surface area contributed by atoms with Gasteiger partial charge in [0.2, 0.25) is 0 Å². The number of allylic oxidation sites excluding steroid dienone is 1. The van der Waals surface area contributed by atoms with E-state index in [-0.39, 0.29) is 0 Å². The Morgan fingerprint density at radius 2 is 1.59 bits per heavy atom. The van der Waals surface area contributed by atoms with Gasteiger partial charge in [-0.2, -0.15) is 0 Å². The largest absolute Gasteiger partial charge is 0.497 e. The summed E-state index contributed by atoms with van der Waals surface area (Å²) in [7, 11) is 3.28. The Hall–Kier alpha value is -1.64. The molecular weight excluding hydrogens is 319 g/mol. The van der Waals surface area contributed by atoms with Gasteiger partial charge < -0.3 is 9.47 Å². The first kappa shape index (κ1) is 15.3. The van der Waals surface area contributed by atoms with E-state index in [2.05, 4.69) is 0 Å². The van der Waals surface area contributed by atoms with Gasteiger partial charge in [0.15, 0.2) is 0 Å². The molecule has 0 atom stereocenters. The van der Waals surface area contributed by atoms with E-state index in [4.69, 9.17) is 32.7 Å². The van der Waals surface area contributed by atoms with Crippen molar-refractivity contribution in [2.45, 2.75) is 12.8 Å². The Morgan fingerprint density at radius 1 is 0.864 bits per heavy atom. The molecule has 3 rings (SSSR count). The summed E-state index contributed by atoms with van der Waals surface area (Å²) in [4.78, 5) is 0. The lowest BCUT2D eigenvalue weighted by molar-refractivity contribution is 0.414. The van der Waals surface area contributed by atoms with Crippen LogP contribution >= 0.6 is 23.2 Å². The summed E-state index contributed by atoms with van der Waals surface area (Å²) in [5, 5.41) is 1.54. The molecule has 1 aliphatic rings. The second-order valence-electron chi connectivity index (χ2n) is 5.12. The molecule has 0 bridgehead atoms. The SMILES string of the molecule is COc1ccc(C2=C(Cl)CCc3c2ccc(OC)c3Cl)cc1. The van der Waals surface area contributed by atoms with Gasteiger partial charge in [-0.05, 0) is 47.7 Å². The zero-order valence-electron chi connectivity index (χ0n) is 12.5. The van der Waals surface area contributed by atoms with Gasteiger partial charge in [0, 0.05) is 10.6 Å². The second-order valence-corrected chi connectivity index (χ2v) is 5.95. The van der Waals surface area contributed by atoms with E-state index >= 15 is 0 Å². The van der Waals surface area contributed by atoms with Crippen molar-refractivity contribution in [3.8, 4) is 11.5 Å². The average molecular weight is 335 g/mol. The summed E-state index contributed by atoms with van der Waals surface area (Å²) in [5.74, 6) is 1.52. The maximum atomic E-state index is 6.52. The van der Waals surface area contributed by atoms with E-state index in [1.165, 1.54) is 0 Å². The number of methoxy groups -OCH3 is 2. The molecule has 0 aliphatic heterocycles. The van der Waals surface area contributed by atoms with Gasteiger partial charge >= 0.3 is 0 Å². The minimum Gasteiger partial charge on any atom is -0.497 e. The van der Waals surface area contributed by atoms with Gasteiger partial charge in [-0.15, -0.1) is 0 Å². The van der Waals surface area contributed by atoms with Crippen molar-refractivity contribution in [2.75, 3.05) is 14.2 Å². The smallest absolute Gasteiger partial charge is 0.137 e. The highest BCUT2D eigenvalue weighted by Gasteiger charge is 2.23. The van der Waals surface area contributed by atoms with Crippen LogP contribution in [0, 0.1) is 0 Å². The third-order valence-electron chi connectivity index (χ3n) is 3.94. The first-order valence-electron chi connectivity index (χ1n) is 7.04. The van der Waals surface area contributed by atoms with Crippen molar-refractivity contribution in [1.29, 1.82) is 0 Å². The van der Waals surface area contributed by atoms with Crippen LogP contribution in [-0.2, 0) is 6.42 Å². The van der Waals surface area contributed by atoms with Crippen LogP contribution in [-0.4, -0.2) is 14.2 Å². The van der Waals surface area contributed by atoms with E-state index in [9.17, 15) is 0 Å². The summed E-state index contributed by atoms with van der Waals surface area (Å²) in [6.07, 6.45) is 1.60. The molecule has 0 heterocycles. The third kappa shape index (κ3) is 2.57. The number of hydrogen-bond donors (Lipinski definition) is 0. The van der Waals surface area contributed by atoms with Crippen molar-refractivity contribution in [1.82, 2.24) is 0 Å². The quantitative estimate of drug-likeness (QED) is 0.758. The molecule has 0 amide bonds. The highest BCUT2D eigenvalue weighted by molar-refractivity contribution is 6.35. The van der Waals surface area contributed by atoms with Crippen LogP contribution in [0.15, 0.2) is 41.4 Å². The monoisotopic (exact) mass is 334 g/mol. The molecule has 2 aromatic rings. The Kier molecular flexibility index (Phi) is 4.32. The Morgan fingerprint density at radius 3 is 2.23 bits per heavy atom. The fourth-order valence-electron chi connectivity index (χ4n) is 2.81. The van der Waals surface area contributed by atoms with Crippen molar-refractivity contribution < 1.29 is 9.47 Å². The Labute approximate surface area is 140 Å². The molecule has 0 radical (unpaired) electrons. The maximum Gasteiger partial charge on any atom is 0.137 e. The molecule has 0 saturated carbocycles. The molecule has 114 valence electrons. The first-order valence-corrected chi connectivity index (χ1v) is 7.80. The highest BCUT2D eigenvalue weighted by atomic mass is 35.5. The number of fused-ring (bicyclic) bond motifs is 1. The molecular formula is C18H16Cl2O2. The zero-order valence-corrected chi connectivity index (χ0v) is 14.0. The van der Waals surface area contributed by atoms with Crippen molar-refractivity contribution >= 4 is 28.8 Å². The van der Waals surface area contributed by atoms with E-state index in [1.807, 2.05) is 36.4 Å². The number of rotatable bonds is 3. The predicted octanol–water partition coefficient (Wildman–Crippen LogP) is 5.30. The average Bonchev–Trinajstić information content (AvgIpc) is 2.55. The zero-order chi connectivity index (χ0) is 15.7. The minimum atomic E-state index is 0.676. The van der Waals surface area contributed by atoms with E-state index in [0.29, 0.717) is 10.8 Å². The van der Waals surface area contributed by atoms with Crippen LogP contribution < -0.4 is 9.47 Å². The topological polar surface area (TPSA) is 18.5 Å². The van der Waals surface area contributed by atoms with Gasteiger partial charge in [-0.1, -0.05) is 41.4 Å². The normalized spacial score (nSPS) is 13.8. The van der Waals surface area contributed by atoms with Crippen LogP contribution in [0.25, 0.3) is 5.57 Å². The minimum absolute atomic E-state index is 0.676. The third-order valence-corrected chi connectivity index (χ3v) is 4.73. The summed E-state index contributed by atoms with van der Waals surface area (Å²) in [6, 6.07) is 11.8.